The van der Waals surface area contributed by atoms with Gasteiger partial charge in [0.25, 0.3) is 0 Å². The zero-order valence-corrected chi connectivity index (χ0v) is 10.6. The average Bonchev–Trinajstić information content (AvgIpc) is 2.72. The van der Waals surface area contributed by atoms with Gasteiger partial charge in [-0.1, -0.05) is 31.5 Å². The SMILES string of the molecule is CCCc1ccccc1N1CCC(NC)C1=O. The van der Waals surface area contributed by atoms with E-state index >= 15 is 0 Å². The highest BCUT2D eigenvalue weighted by Gasteiger charge is 2.31. The van der Waals surface area contributed by atoms with Gasteiger partial charge in [-0.25, -0.2) is 0 Å². The van der Waals surface area contributed by atoms with Gasteiger partial charge in [-0.2, -0.15) is 0 Å². The molecule has 3 nitrogen and oxygen atoms in total. The lowest BCUT2D eigenvalue weighted by atomic mass is 10.1. The lowest BCUT2D eigenvalue weighted by Crippen LogP contribution is -2.36. The molecule has 1 heterocycles. The van der Waals surface area contributed by atoms with Crippen LogP contribution in [0.2, 0.25) is 0 Å². The Morgan fingerprint density at radius 2 is 2.18 bits per heavy atom. The van der Waals surface area contributed by atoms with Crippen LogP contribution in [0.1, 0.15) is 25.3 Å². The zero-order valence-electron chi connectivity index (χ0n) is 10.6. The molecule has 1 aromatic carbocycles. The quantitative estimate of drug-likeness (QED) is 0.860. The average molecular weight is 232 g/mol. The third kappa shape index (κ3) is 2.34. The van der Waals surface area contributed by atoms with Gasteiger partial charge in [-0.3, -0.25) is 4.79 Å². The number of para-hydroxylation sites is 1. The van der Waals surface area contributed by atoms with Gasteiger partial charge in [-0.15, -0.1) is 0 Å². The van der Waals surface area contributed by atoms with Gasteiger partial charge < -0.3 is 10.2 Å². The third-order valence-electron chi connectivity index (χ3n) is 3.36. The van der Waals surface area contributed by atoms with Crippen LogP contribution in [0, 0.1) is 0 Å². The van der Waals surface area contributed by atoms with E-state index in [9.17, 15) is 4.79 Å². The molecule has 0 spiro atoms. The Bertz CT molecular complexity index is 403. The first-order valence-corrected chi connectivity index (χ1v) is 6.34. The molecule has 0 radical (unpaired) electrons. The minimum atomic E-state index is -0.00955. The Morgan fingerprint density at radius 3 is 2.82 bits per heavy atom. The summed E-state index contributed by atoms with van der Waals surface area (Å²) in [5.41, 5.74) is 2.37. The number of rotatable bonds is 4. The molecule has 0 bridgehead atoms. The molecule has 0 saturated carbocycles. The summed E-state index contributed by atoms with van der Waals surface area (Å²) in [7, 11) is 1.85. The molecule has 1 fully saturated rings. The number of likely N-dealkylation sites (N-methyl/N-ethyl adjacent to an activating group) is 1. The molecule has 1 saturated heterocycles. The monoisotopic (exact) mass is 232 g/mol. The second kappa shape index (κ2) is 5.32. The molecule has 0 aliphatic carbocycles. The fraction of sp³-hybridized carbons (Fsp3) is 0.500. The van der Waals surface area contributed by atoms with Crippen molar-refractivity contribution in [2.75, 3.05) is 18.5 Å². The molecule has 1 N–H and O–H groups in total. The summed E-state index contributed by atoms with van der Waals surface area (Å²) in [6.45, 7) is 2.99. The number of carbonyl (C=O) groups is 1. The normalized spacial score (nSPS) is 20.0. The second-order valence-electron chi connectivity index (χ2n) is 4.50. The van der Waals surface area contributed by atoms with Crippen LogP contribution >= 0.6 is 0 Å². The van der Waals surface area contributed by atoms with Crippen molar-refractivity contribution >= 4 is 11.6 Å². The summed E-state index contributed by atoms with van der Waals surface area (Å²) in [6, 6.07) is 8.23. The number of hydrogen-bond donors (Lipinski definition) is 1. The molecular weight excluding hydrogens is 212 g/mol. The van der Waals surface area contributed by atoms with Gasteiger partial charge in [-0.05, 0) is 31.5 Å². The van der Waals surface area contributed by atoms with Gasteiger partial charge in [0.1, 0.15) is 0 Å². The van der Waals surface area contributed by atoms with Crippen LogP contribution in [0.25, 0.3) is 0 Å². The maximum Gasteiger partial charge on any atom is 0.244 e. The van der Waals surface area contributed by atoms with E-state index in [4.69, 9.17) is 0 Å². The first-order chi connectivity index (χ1) is 8.27. The van der Waals surface area contributed by atoms with E-state index in [-0.39, 0.29) is 11.9 Å². The third-order valence-corrected chi connectivity index (χ3v) is 3.36. The van der Waals surface area contributed by atoms with Crippen LogP contribution in [-0.4, -0.2) is 25.5 Å². The van der Waals surface area contributed by atoms with Crippen LogP contribution in [-0.2, 0) is 11.2 Å². The largest absolute Gasteiger partial charge is 0.311 e. The Kier molecular flexibility index (Phi) is 3.79. The number of amides is 1. The van der Waals surface area contributed by atoms with E-state index in [1.807, 2.05) is 24.1 Å². The molecule has 1 aromatic rings. The second-order valence-corrected chi connectivity index (χ2v) is 4.50. The van der Waals surface area contributed by atoms with Crippen molar-refractivity contribution < 1.29 is 4.79 Å². The fourth-order valence-corrected chi connectivity index (χ4v) is 2.44. The number of nitrogens with zero attached hydrogens (tertiary/aromatic N) is 1. The lowest BCUT2D eigenvalue weighted by Gasteiger charge is -2.20. The highest BCUT2D eigenvalue weighted by atomic mass is 16.2. The van der Waals surface area contributed by atoms with Crippen molar-refractivity contribution in [2.24, 2.45) is 0 Å². The van der Waals surface area contributed by atoms with Crippen LogP contribution < -0.4 is 10.2 Å². The molecule has 2 rings (SSSR count). The Morgan fingerprint density at radius 1 is 1.41 bits per heavy atom. The van der Waals surface area contributed by atoms with Crippen LogP contribution in [0.3, 0.4) is 0 Å². The summed E-state index contributed by atoms with van der Waals surface area (Å²) in [6.07, 6.45) is 3.04. The minimum absolute atomic E-state index is 0.00955. The van der Waals surface area contributed by atoms with Gasteiger partial charge >= 0.3 is 0 Å². The molecule has 1 unspecified atom stereocenters. The van der Waals surface area contributed by atoms with Crippen molar-refractivity contribution in [1.29, 1.82) is 0 Å². The smallest absolute Gasteiger partial charge is 0.244 e. The highest BCUT2D eigenvalue weighted by molar-refractivity contribution is 6.00. The molecule has 92 valence electrons. The first-order valence-electron chi connectivity index (χ1n) is 6.34. The fourth-order valence-electron chi connectivity index (χ4n) is 2.44. The molecule has 1 aliphatic rings. The maximum absolute atomic E-state index is 12.2. The van der Waals surface area contributed by atoms with Gasteiger partial charge in [0.2, 0.25) is 5.91 Å². The molecule has 17 heavy (non-hydrogen) atoms. The predicted octanol–water partition coefficient (Wildman–Crippen LogP) is 1.96. The molecule has 0 aromatic heterocycles. The van der Waals surface area contributed by atoms with Crippen LogP contribution in [0.15, 0.2) is 24.3 Å². The van der Waals surface area contributed by atoms with Gasteiger partial charge in [0.05, 0.1) is 6.04 Å². The summed E-state index contributed by atoms with van der Waals surface area (Å²) in [5, 5.41) is 3.07. The molecule has 1 aliphatic heterocycles. The van der Waals surface area contributed by atoms with Crippen LogP contribution in [0.4, 0.5) is 5.69 Å². The topological polar surface area (TPSA) is 32.3 Å². The molecule has 1 amide bonds. The van der Waals surface area contributed by atoms with Gasteiger partial charge in [0.15, 0.2) is 0 Å². The minimum Gasteiger partial charge on any atom is -0.311 e. The Balaban J connectivity index is 2.25. The van der Waals surface area contributed by atoms with E-state index in [0.717, 1.165) is 31.5 Å². The van der Waals surface area contributed by atoms with Crippen molar-refractivity contribution in [3.8, 4) is 0 Å². The molecule has 3 heteroatoms. The predicted molar refractivity (Wildman–Crippen MR) is 70.3 cm³/mol. The van der Waals surface area contributed by atoms with E-state index in [1.165, 1.54) is 5.56 Å². The van der Waals surface area contributed by atoms with Crippen molar-refractivity contribution in [3.63, 3.8) is 0 Å². The van der Waals surface area contributed by atoms with E-state index < -0.39 is 0 Å². The van der Waals surface area contributed by atoms with Gasteiger partial charge in [0, 0.05) is 12.2 Å². The lowest BCUT2D eigenvalue weighted by molar-refractivity contribution is -0.118. The summed E-state index contributed by atoms with van der Waals surface area (Å²) in [5.74, 6) is 0.205. The summed E-state index contributed by atoms with van der Waals surface area (Å²) < 4.78 is 0. The van der Waals surface area contributed by atoms with Crippen molar-refractivity contribution in [1.82, 2.24) is 5.32 Å². The van der Waals surface area contributed by atoms with Crippen LogP contribution in [0.5, 0.6) is 0 Å². The van der Waals surface area contributed by atoms with Crippen molar-refractivity contribution in [2.45, 2.75) is 32.2 Å². The van der Waals surface area contributed by atoms with E-state index in [1.54, 1.807) is 0 Å². The van der Waals surface area contributed by atoms with Crippen molar-refractivity contribution in [3.05, 3.63) is 29.8 Å². The molecule has 1 atom stereocenters. The van der Waals surface area contributed by atoms with E-state index in [0.29, 0.717) is 0 Å². The number of nitrogens with one attached hydrogen (secondary N) is 1. The maximum atomic E-state index is 12.2. The summed E-state index contributed by atoms with van der Waals surface area (Å²) in [4.78, 5) is 14.1. The number of hydrogen-bond acceptors (Lipinski definition) is 2. The van der Waals surface area contributed by atoms with E-state index in [2.05, 4.69) is 24.4 Å². The number of anilines is 1. The number of carbonyl (C=O) groups excluding carboxylic acids is 1. The summed E-state index contributed by atoms with van der Waals surface area (Å²) >= 11 is 0. The molecular formula is C14H20N2O. The Hall–Kier alpha value is -1.35. The Labute approximate surface area is 103 Å². The number of aryl methyl sites for hydroxylation is 1. The zero-order chi connectivity index (χ0) is 12.3. The first kappa shape index (κ1) is 12.1. The standard InChI is InChI=1S/C14H20N2O/c1-3-6-11-7-4-5-8-13(11)16-10-9-12(15-2)14(16)17/h4-5,7-8,12,15H,3,6,9-10H2,1-2H3. The highest BCUT2D eigenvalue weighted by Crippen LogP contribution is 2.26. The number of benzene rings is 1.